The maximum Gasteiger partial charge on any atom is 0.241 e. The number of Topliss-reactive ketones (excluding diaryl/α,β-unsaturated/α-hetero) is 1. The lowest BCUT2D eigenvalue weighted by molar-refractivity contribution is 0.101. The van der Waals surface area contributed by atoms with Crippen LogP contribution < -0.4 is 14.9 Å². The first kappa shape index (κ1) is 22.4. The number of carbonyl (C=O) groups excluding carboxylic acids is 1. The topological polar surface area (TPSA) is 122 Å². The van der Waals surface area contributed by atoms with Gasteiger partial charge in [0.15, 0.2) is 15.8 Å². The molecule has 2 N–H and O–H groups in total. The Morgan fingerprint density at radius 1 is 1.21 bits per heavy atom. The number of ketones is 1. The molecular weight excluding hydrogens is 462 g/mol. The molecule has 0 bridgehead atoms. The number of hydrogen-bond acceptors (Lipinski definition) is 9. The maximum absolute atomic E-state index is 13.3. The first-order valence-electron chi connectivity index (χ1n) is 11.0. The Bertz CT molecular complexity index is 1330. The van der Waals surface area contributed by atoms with Crippen LogP contribution in [0.25, 0.3) is 16.2 Å². The van der Waals surface area contributed by atoms with Gasteiger partial charge in [0.05, 0.1) is 10.4 Å². The molecular formula is C21H27N7O3S2. The summed E-state index contributed by atoms with van der Waals surface area (Å²) in [5.41, 5.74) is 0.730. The second kappa shape index (κ2) is 7.83. The fraction of sp³-hybridized carbons (Fsp3) is 0.524. The number of pyridine rings is 1. The minimum absolute atomic E-state index is 0.170. The van der Waals surface area contributed by atoms with Crippen LogP contribution >= 0.6 is 11.3 Å². The standard InChI is InChI=1S/C21H27N7O3S2/c1-12-9-27(10-13(2)23-12)17-8-15(33(30,31)26-21(4)5-6-21)7-16-18(22-11-28(16)17)20-25-24-19(32-20)14(3)29/h7-8,11-13,23,26H,5-6,9-10H2,1-4H3/t12-,13-/m0/s1. The van der Waals surface area contributed by atoms with E-state index in [9.17, 15) is 13.2 Å². The Kier molecular flexibility index (Phi) is 5.31. The first-order valence-corrected chi connectivity index (χ1v) is 13.3. The Morgan fingerprint density at radius 2 is 1.91 bits per heavy atom. The fourth-order valence-corrected chi connectivity index (χ4v) is 6.51. The maximum atomic E-state index is 13.3. The number of sulfonamides is 1. The molecule has 2 aliphatic rings. The average molecular weight is 490 g/mol. The van der Waals surface area contributed by atoms with E-state index in [-0.39, 0.29) is 28.3 Å². The summed E-state index contributed by atoms with van der Waals surface area (Å²) in [6.45, 7) is 9.04. The van der Waals surface area contributed by atoms with E-state index in [0.29, 0.717) is 21.2 Å². The largest absolute Gasteiger partial charge is 0.355 e. The molecule has 3 aromatic rings. The molecule has 176 valence electrons. The molecule has 10 nitrogen and oxygen atoms in total. The molecule has 33 heavy (non-hydrogen) atoms. The SMILES string of the molecule is CC(=O)c1nnc(-c2ncn3c(N4C[C@H](C)N[C@@H](C)C4)cc(S(=O)(=O)NC4(C)CC4)cc23)s1. The normalized spacial score (nSPS) is 22.6. The minimum Gasteiger partial charge on any atom is -0.355 e. The van der Waals surface area contributed by atoms with Gasteiger partial charge >= 0.3 is 0 Å². The molecule has 0 amide bonds. The lowest BCUT2D eigenvalue weighted by atomic mass is 10.1. The monoisotopic (exact) mass is 489 g/mol. The molecule has 2 atom stereocenters. The van der Waals surface area contributed by atoms with E-state index in [0.717, 1.165) is 43.1 Å². The summed E-state index contributed by atoms with van der Waals surface area (Å²) in [5.74, 6) is 0.584. The highest BCUT2D eigenvalue weighted by atomic mass is 32.2. The third-order valence-corrected chi connectivity index (χ3v) is 8.75. The zero-order valence-electron chi connectivity index (χ0n) is 19.0. The van der Waals surface area contributed by atoms with Gasteiger partial charge in [-0.25, -0.2) is 18.1 Å². The molecule has 2 fully saturated rings. The second-order valence-corrected chi connectivity index (χ2v) is 12.1. The third-order valence-electron chi connectivity index (χ3n) is 6.10. The molecule has 0 unspecified atom stereocenters. The number of piperazine rings is 1. The lowest BCUT2D eigenvalue weighted by Gasteiger charge is -2.38. The molecule has 0 aromatic carbocycles. The van der Waals surface area contributed by atoms with E-state index in [1.807, 2.05) is 11.3 Å². The van der Waals surface area contributed by atoms with Crippen LogP contribution in [-0.2, 0) is 10.0 Å². The molecule has 12 heteroatoms. The predicted molar refractivity (Wildman–Crippen MR) is 126 cm³/mol. The second-order valence-electron chi connectivity index (χ2n) is 9.41. The number of fused-ring (bicyclic) bond motifs is 1. The van der Waals surface area contributed by atoms with E-state index < -0.39 is 10.0 Å². The van der Waals surface area contributed by atoms with E-state index in [1.54, 1.807) is 18.5 Å². The van der Waals surface area contributed by atoms with E-state index in [1.165, 1.54) is 6.92 Å². The van der Waals surface area contributed by atoms with Crippen LogP contribution in [0.4, 0.5) is 5.82 Å². The molecule has 4 heterocycles. The van der Waals surface area contributed by atoms with Crippen LogP contribution in [0.15, 0.2) is 23.4 Å². The highest BCUT2D eigenvalue weighted by molar-refractivity contribution is 7.89. The van der Waals surface area contributed by atoms with Gasteiger partial charge in [-0.15, -0.1) is 10.2 Å². The van der Waals surface area contributed by atoms with Gasteiger partial charge in [0, 0.05) is 37.6 Å². The van der Waals surface area contributed by atoms with Crippen molar-refractivity contribution in [2.75, 3.05) is 18.0 Å². The van der Waals surface area contributed by atoms with Crippen LogP contribution in [0.5, 0.6) is 0 Å². The number of nitrogens with one attached hydrogen (secondary N) is 2. The molecule has 0 radical (unpaired) electrons. The summed E-state index contributed by atoms with van der Waals surface area (Å²) in [6.07, 6.45) is 3.33. The lowest BCUT2D eigenvalue weighted by Crippen LogP contribution is -2.54. The van der Waals surface area contributed by atoms with Crippen molar-refractivity contribution in [3.63, 3.8) is 0 Å². The Labute approximate surface area is 196 Å². The van der Waals surface area contributed by atoms with Crippen LogP contribution in [0.1, 0.15) is 50.3 Å². The number of imidazole rings is 1. The predicted octanol–water partition coefficient (Wildman–Crippen LogP) is 2.07. The van der Waals surface area contributed by atoms with Gasteiger partial charge in [-0.2, -0.15) is 0 Å². The molecule has 1 aliphatic carbocycles. The van der Waals surface area contributed by atoms with Gasteiger partial charge in [-0.3, -0.25) is 9.20 Å². The number of nitrogens with zero attached hydrogens (tertiary/aromatic N) is 5. The number of rotatable bonds is 6. The van der Waals surface area contributed by atoms with Crippen molar-refractivity contribution in [1.82, 2.24) is 29.6 Å². The molecule has 1 saturated heterocycles. The van der Waals surface area contributed by atoms with Crippen molar-refractivity contribution in [3.8, 4) is 10.7 Å². The summed E-state index contributed by atoms with van der Waals surface area (Å²) in [6, 6.07) is 3.84. The fourth-order valence-electron chi connectivity index (χ4n) is 4.26. The van der Waals surface area contributed by atoms with Crippen molar-refractivity contribution >= 4 is 38.5 Å². The molecule has 1 saturated carbocycles. The molecule has 5 rings (SSSR count). The van der Waals surface area contributed by atoms with Crippen LogP contribution in [-0.4, -0.2) is 64.5 Å². The van der Waals surface area contributed by atoms with Crippen molar-refractivity contribution < 1.29 is 13.2 Å². The zero-order chi connectivity index (χ0) is 23.5. The number of aromatic nitrogens is 4. The Balaban J connectivity index is 1.67. The summed E-state index contributed by atoms with van der Waals surface area (Å²) in [4.78, 5) is 18.6. The molecule has 3 aromatic heterocycles. The van der Waals surface area contributed by atoms with Gasteiger partial charge in [0.2, 0.25) is 10.0 Å². The van der Waals surface area contributed by atoms with Crippen molar-refractivity contribution in [2.24, 2.45) is 0 Å². The smallest absolute Gasteiger partial charge is 0.241 e. The summed E-state index contributed by atoms with van der Waals surface area (Å²) in [7, 11) is -3.74. The zero-order valence-corrected chi connectivity index (χ0v) is 20.6. The summed E-state index contributed by atoms with van der Waals surface area (Å²) >= 11 is 1.15. The van der Waals surface area contributed by atoms with E-state index in [2.05, 4.69) is 44.0 Å². The average Bonchev–Trinajstić information content (AvgIpc) is 3.14. The molecule has 1 aliphatic heterocycles. The highest BCUT2D eigenvalue weighted by Gasteiger charge is 2.41. The van der Waals surface area contributed by atoms with Crippen LogP contribution in [0, 0.1) is 0 Å². The van der Waals surface area contributed by atoms with Gasteiger partial charge in [0.25, 0.3) is 0 Å². The number of anilines is 1. The van der Waals surface area contributed by atoms with Crippen molar-refractivity contribution in [2.45, 2.75) is 63.1 Å². The minimum atomic E-state index is -3.74. The van der Waals surface area contributed by atoms with Crippen molar-refractivity contribution in [1.29, 1.82) is 0 Å². The van der Waals surface area contributed by atoms with Crippen LogP contribution in [0.2, 0.25) is 0 Å². The van der Waals surface area contributed by atoms with E-state index >= 15 is 0 Å². The van der Waals surface area contributed by atoms with Gasteiger partial charge < -0.3 is 10.2 Å². The third kappa shape index (κ3) is 4.27. The summed E-state index contributed by atoms with van der Waals surface area (Å²) < 4.78 is 31.4. The quantitative estimate of drug-likeness (QED) is 0.505. The Morgan fingerprint density at radius 3 is 2.52 bits per heavy atom. The number of hydrogen-bond donors (Lipinski definition) is 2. The van der Waals surface area contributed by atoms with E-state index in [4.69, 9.17) is 0 Å². The van der Waals surface area contributed by atoms with Crippen LogP contribution in [0.3, 0.4) is 0 Å². The van der Waals surface area contributed by atoms with Gasteiger partial charge in [0.1, 0.15) is 17.8 Å². The first-order chi connectivity index (χ1) is 15.5. The van der Waals surface area contributed by atoms with Gasteiger partial charge in [-0.05, 0) is 45.7 Å². The number of carbonyl (C=O) groups is 1. The Hall–Kier alpha value is -2.41. The highest BCUT2D eigenvalue weighted by Crippen LogP contribution is 2.37. The summed E-state index contributed by atoms with van der Waals surface area (Å²) in [5, 5.41) is 12.4. The van der Waals surface area contributed by atoms with Gasteiger partial charge in [-0.1, -0.05) is 11.3 Å². The molecule has 0 spiro atoms. The van der Waals surface area contributed by atoms with Crippen molar-refractivity contribution in [3.05, 3.63) is 23.5 Å².